The van der Waals surface area contributed by atoms with Crippen molar-refractivity contribution in [3.63, 3.8) is 0 Å². The van der Waals surface area contributed by atoms with E-state index < -0.39 is 5.97 Å². The lowest BCUT2D eigenvalue weighted by Gasteiger charge is -2.20. The zero-order valence-corrected chi connectivity index (χ0v) is 12.7. The first-order chi connectivity index (χ1) is 9.99. The molecule has 1 unspecified atom stereocenters. The summed E-state index contributed by atoms with van der Waals surface area (Å²) in [7, 11) is 0. The van der Waals surface area contributed by atoms with Crippen LogP contribution in [0.3, 0.4) is 0 Å². The van der Waals surface area contributed by atoms with Gasteiger partial charge in [-0.15, -0.1) is 0 Å². The topological polar surface area (TPSA) is 79.3 Å². The molecule has 21 heavy (non-hydrogen) atoms. The third kappa shape index (κ3) is 7.44. The van der Waals surface area contributed by atoms with Crippen LogP contribution in [-0.4, -0.2) is 28.5 Å². The number of nitrogens with one attached hydrogen (secondary N) is 1. The molecule has 0 spiro atoms. The van der Waals surface area contributed by atoms with Crippen molar-refractivity contribution in [3.8, 4) is 0 Å². The summed E-state index contributed by atoms with van der Waals surface area (Å²) in [6.07, 6.45) is 5.35. The Morgan fingerprint density at radius 3 is 2.48 bits per heavy atom. The number of nitrogens with zero attached hydrogens (tertiary/aromatic N) is 1. The van der Waals surface area contributed by atoms with Gasteiger partial charge < -0.3 is 10.4 Å². The van der Waals surface area contributed by atoms with Crippen molar-refractivity contribution in [1.29, 1.82) is 0 Å². The molecule has 0 saturated carbocycles. The first-order valence-electron chi connectivity index (χ1n) is 7.36. The normalized spacial score (nSPS) is 12.1. The van der Waals surface area contributed by atoms with E-state index in [1.165, 1.54) is 0 Å². The molecule has 1 aromatic heterocycles. The molecule has 0 fully saturated rings. The average molecular weight is 292 g/mol. The van der Waals surface area contributed by atoms with E-state index in [2.05, 4.69) is 24.1 Å². The number of aliphatic carboxylic acids is 1. The molecule has 0 bridgehead atoms. The van der Waals surface area contributed by atoms with Gasteiger partial charge in [0, 0.05) is 25.4 Å². The highest BCUT2D eigenvalue weighted by molar-refractivity contribution is 5.78. The Labute approximate surface area is 125 Å². The van der Waals surface area contributed by atoms with E-state index in [-0.39, 0.29) is 12.3 Å². The Morgan fingerprint density at radius 2 is 1.90 bits per heavy atom. The summed E-state index contributed by atoms with van der Waals surface area (Å²) in [5.74, 6) is -0.0342. The Kier molecular flexibility index (Phi) is 7.43. The summed E-state index contributed by atoms with van der Waals surface area (Å²) in [5, 5.41) is 11.6. The van der Waals surface area contributed by atoms with Gasteiger partial charge in [-0.25, -0.2) is 0 Å². The van der Waals surface area contributed by atoms with Crippen LogP contribution in [0.5, 0.6) is 0 Å². The van der Waals surface area contributed by atoms with Gasteiger partial charge in [0.05, 0.1) is 6.42 Å². The summed E-state index contributed by atoms with van der Waals surface area (Å²) in [4.78, 5) is 26.4. The Bertz CT molecular complexity index is 446. The van der Waals surface area contributed by atoms with Crippen molar-refractivity contribution >= 4 is 11.9 Å². The molecule has 0 aliphatic carbocycles. The molecule has 5 heteroatoms. The first-order valence-corrected chi connectivity index (χ1v) is 7.36. The minimum Gasteiger partial charge on any atom is -0.481 e. The number of carboxylic acid groups (broad SMARTS) is 1. The predicted octanol–water partition coefficient (Wildman–Crippen LogP) is 2.27. The maximum absolute atomic E-state index is 11.8. The van der Waals surface area contributed by atoms with Gasteiger partial charge in [0.15, 0.2) is 0 Å². The number of carbonyl (C=O) groups is 2. The van der Waals surface area contributed by atoms with Gasteiger partial charge in [-0.2, -0.15) is 0 Å². The largest absolute Gasteiger partial charge is 0.481 e. The standard InChI is InChI=1S/C16H24N2O3/c1-12(2)14(3-4-16(20)21)7-10-18-15(19)11-13-5-8-17-9-6-13/h5-6,8-9,12,14H,3-4,7,10-11H2,1-2H3,(H,18,19)(H,20,21). The Hall–Kier alpha value is -1.91. The van der Waals surface area contributed by atoms with Gasteiger partial charge in [-0.1, -0.05) is 13.8 Å². The van der Waals surface area contributed by atoms with Gasteiger partial charge >= 0.3 is 5.97 Å². The van der Waals surface area contributed by atoms with E-state index in [1.807, 2.05) is 12.1 Å². The van der Waals surface area contributed by atoms with Crippen LogP contribution in [0.15, 0.2) is 24.5 Å². The quantitative estimate of drug-likeness (QED) is 0.731. The number of carbonyl (C=O) groups excluding carboxylic acids is 1. The maximum atomic E-state index is 11.8. The zero-order chi connectivity index (χ0) is 15.7. The van der Waals surface area contributed by atoms with E-state index in [0.29, 0.717) is 31.2 Å². The lowest BCUT2D eigenvalue weighted by molar-refractivity contribution is -0.137. The second kappa shape index (κ2) is 9.10. The number of hydrogen-bond donors (Lipinski definition) is 2. The van der Waals surface area contributed by atoms with E-state index >= 15 is 0 Å². The van der Waals surface area contributed by atoms with Crippen LogP contribution in [0.25, 0.3) is 0 Å². The number of carboxylic acids is 1. The van der Waals surface area contributed by atoms with Crippen molar-refractivity contribution in [3.05, 3.63) is 30.1 Å². The van der Waals surface area contributed by atoms with Crippen LogP contribution in [0.2, 0.25) is 0 Å². The average Bonchev–Trinajstić information content (AvgIpc) is 2.43. The molecule has 0 aliphatic heterocycles. The van der Waals surface area contributed by atoms with Gasteiger partial charge in [0.25, 0.3) is 0 Å². The fourth-order valence-corrected chi connectivity index (χ4v) is 2.27. The maximum Gasteiger partial charge on any atom is 0.303 e. The fraction of sp³-hybridized carbons (Fsp3) is 0.562. The van der Waals surface area contributed by atoms with Gasteiger partial charge in [-0.05, 0) is 42.4 Å². The van der Waals surface area contributed by atoms with Crippen LogP contribution in [0, 0.1) is 11.8 Å². The number of pyridine rings is 1. The monoisotopic (exact) mass is 292 g/mol. The first kappa shape index (κ1) is 17.1. The highest BCUT2D eigenvalue weighted by Crippen LogP contribution is 2.20. The predicted molar refractivity (Wildman–Crippen MR) is 80.8 cm³/mol. The third-order valence-electron chi connectivity index (χ3n) is 3.62. The Balaban J connectivity index is 2.29. The summed E-state index contributed by atoms with van der Waals surface area (Å²) in [6.45, 7) is 4.77. The summed E-state index contributed by atoms with van der Waals surface area (Å²) < 4.78 is 0. The number of amides is 1. The molecule has 1 atom stereocenters. The second-order valence-corrected chi connectivity index (χ2v) is 5.61. The van der Waals surface area contributed by atoms with Gasteiger partial charge in [0.1, 0.15) is 0 Å². The SMILES string of the molecule is CC(C)C(CCNC(=O)Cc1ccncc1)CCC(=O)O. The molecule has 1 amide bonds. The molecule has 0 aliphatic rings. The van der Waals surface area contributed by atoms with Crippen LogP contribution in [-0.2, 0) is 16.0 Å². The van der Waals surface area contributed by atoms with E-state index in [9.17, 15) is 9.59 Å². The lowest BCUT2D eigenvalue weighted by Crippen LogP contribution is -2.28. The van der Waals surface area contributed by atoms with Crippen LogP contribution in [0.4, 0.5) is 0 Å². The highest BCUT2D eigenvalue weighted by atomic mass is 16.4. The molecule has 1 rings (SSSR count). The van der Waals surface area contributed by atoms with Gasteiger partial charge in [0.2, 0.25) is 5.91 Å². The molecule has 1 heterocycles. The van der Waals surface area contributed by atoms with E-state index in [4.69, 9.17) is 5.11 Å². The van der Waals surface area contributed by atoms with Crippen molar-refractivity contribution in [2.45, 2.75) is 39.5 Å². The molecule has 1 aromatic rings. The molecule has 0 saturated heterocycles. The molecular weight excluding hydrogens is 268 g/mol. The number of aromatic nitrogens is 1. The second-order valence-electron chi connectivity index (χ2n) is 5.61. The molecule has 0 radical (unpaired) electrons. The minimum absolute atomic E-state index is 0.0121. The van der Waals surface area contributed by atoms with Crippen molar-refractivity contribution in [2.75, 3.05) is 6.54 Å². The van der Waals surface area contributed by atoms with Gasteiger partial charge in [-0.3, -0.25) is 14.6 Å². The van der Waals surface area contributed by atoms with Crippen molar-refractivity contribution in [2.24, 2.45) is 11.8 Å². The number of rotatable bonds is 9. The van der Waals surface area contributed by atoms with E-state index in [1.54, 1.807) is 12.4 Å². The molecular formula is C16H24N2O3. The fourth-order valence-electron chi connectivity index (χ4n) is 2.27. The smallest absolute Gasteiger partial charge is 0.303 e. The van der Waals surface area contributed by atoms with E-state index in [0.717, 1.165) is 12.0 Å². The zero-order valence-electron chi connectivity index (χ0n) is 12.7. The summed E-state index contributed by atoms with van der Waals surface area (Å²) in [5.41, 5.74) is 0.939. The minimum atomic E-state index is -0.762. The van der Waals surface area contributed by atoms with Crippen LogP contribution < -0.4 is 5.32 Å². The van der Waals surface area contributed by atoms with Crippen molar-refractivity contribution < 1.29 is 14.7 Å². The van der Waals surface area contributed by atoms with Crippen LogP contribution in [0.1, 0.15) is 38.7 Å². The lowest BCUT2D eigenvalue weighted by atomic mass is 9.88. The summed E-state index contributed by atoms with van der Waals surface area (Å²) >= 11 is 0. The number of hydrogen-bond acceptors (Lipinski definition) is 3. The van der Waals surface area contributed by atoms with Crippen molar-refractivity contribution in [1.82, 2.24) is 10.3 Å². The molecule has 0 aromatic carbocycles. The summed E-state index contributed by atoms with van der Waals surface area (Å²) in [6, 6.07) is 3.65. The molecule has 2 N–H and O–H groups in total. The molecule has 5 nitrogen and oxygen atoms in total. The Morgan fingerprint density at radius 1 is 1.24 bits per heavy atom. The third-order valence-corrected chi connectivity index (χ3v) is 3.62. The molecule has 116 valence electrons. The van der Waals surface area contributed by atoms with Crippen LogP contribution >= 0.6 is 0 Å². The highest BCUT2D eigenvalue weighted by Gasteiger charge is 2.15.